The van der Waals surface area contributed by atoms with Crippen molar-refractivity contribution >= 4 is 31.9 Å². The molecule has 0 spiro atoms. The lowest BCUT2D eigenvalue weighted by Gasteiger charge is -2.23. The van der Waals surface area contributed by atoms with Crippen molar-refractivity contribution in [3.05, 3.63) is 21.1 Å². The van der Waals surface area contributed by atoms with Crippen molar-refractivity contribution in [2.45, 2.75) is 39.4 Å². The van der Waals surface area contributed by atoms with E-state index in [1.54, 1.807) is 0 Å². The summed E-state index contributed by atoms with van der Waals surface area (Å²) in [4.78, 5) is 0. The Morgan fingerprint density at radius 2 is 2.24 bits per heavy atom. The summed E-state index contributed by atoms with van der Waals surface area (Å²) in [6.07, 6.45) is 7.66. The molecule has 1 aliphatic rings. The molecule has 2 atom stereocenters. The molecule has 0 aliphatic carbocycles. The number of rotatable bonds is 5. The van der Waals surface area contributed by atoms with Crippen molar-refractivity contribution in [1.29, 1.82) is 0 Å². The Labute approximate surface area is 121 Å². The van der Waals surface area contributed by atoms with E-state index >= 15 is 0 Å². The Bertz CT molecular complexity index is 277. The third-order valence-electron chi connectivity index (χ3n) is 2.57. The molecule has 2 nitrogen and oxygen atoms in total. The van der Waals surface area contributed by atoms with Crippen molar-refractivity contribution in [2.24, 2.45) is 5.92 Å². The van der Waals surface area contributed by atoms with Gasteiger partial charge in [-0.25, -0.2) is 0 Å². The van der Waals surface area contributed by atoms with Crippen LogP contribution in [-0.2, 0) is 9.47 Å². The molecule has 0 N–H and O–H groups in total. The lowest BCUT2D eigenvalue weighted by Crippen LogP contribution is -2.24. The van der Waals surface area contributed by atoms with Crippen LogP contribution in [0.5, 0.6) is 0 Å². The number of allylic oxidation sites excluding steroid dienone is 2. The van der Waals surface area contributed by atoms with Gasteiger partial charge in [0.1, 0.15) is 0 Å². The molecule has 0 aromatic heterocycles. The van der Waals surface area contributed by atoms with Crippen molar-refractivity contribution in [2.75, 3.05) is 13.2 Å². The fraction of sp³-hybridized carbons (Fsp3) is 0.692. The van der Waals surface area contributed by atoms with Crippen LogP contribution in [0.15, 0.2) is 21.1 Å². The molecule has 0 aromatic rings. The number of hydrogen-bond acceptors (Lipinski definition) is 2. The van der Waals surface area contributed by atoms with E-state index in [0.717, 1.165) is 23.0 Å². The molecule has 0 saturated carbocycles. The summed E-state index contributed by atoms with van der Waals surface area (Å²) in [6, 6.07) is 0. The predicted molar refractivity (Wildman–Crippen MR) is 78.4 cm³/mol. The van der Waals surface area contributed by atoms with Gasteiger partial charge < -0.3 is 9.47 Å². The summed E-state index contributed by atoms with van der Waals surface area (Å²) in [5, 5.41) is 0. The second-order valence-corrected chi connectivity index (χ2v) is 7.22. The molecule has 0 aromatic carbocycles. The third-order valence-corrected chi connectivity index (χ3v) is 3.02. The molecular formula is C13H20Br2O2. The average Bonchev–Trinajstić information content (AvgIpc) is 2.26. The Kier molecular flexibility index (Phi) is 7.67. The van der Waals surface area contributed by atoms with E-state index in [1.807, 2.05) is 6.08 Å². The minimum absolute atomic E-state index is 0.0124. The highest BCUT2D eigenvalue weighted by molar-refractivity contribution is 9.28. The largest absolute Gasteiger partial charge is 0.353 e. The molecule has 1 saturated heterocycles. The van der Waals surface area contributed by atoms with Gasteiger partial charge in [0.25, 0.3) is 0 Å². The lowest BCUT2D eigenvalue weighted by atomic mass is 10.1. The molecule has 1 rings (SSSR count). The summed E-state index contributed by atoms with van der Waals surface area (Å²) in [6.45, 7) is 5.79. The van der Waals surface area contributed by atoms with Crippen LogP contribution in [0.4, 0.5) is 0 Å². The van der Waals surface area contributed by atoms with Gasteiger partial charge in [0.2, 0.25) is 0 Å². The Hall–Kier alpha value is 0.360. The molecule has 1 fully saturated rings. The fourth-order valence-corrected chi connectivity index (χ4v) is 2.54. The Morgan fingerprint density at radius 3 is 2.82 bits per heavy atom. The number of ether oxygens (including phenoxy) is 2. The van der Waals surface area contributed by atoms with E-state index in [0.29, 0.717) is 5.92 Å². The molecule has 1 aliphatic heterocycles. The van der Waals surface area contributed by atoms with Gasteiger partial charge >= 0.3 is 0 Å². The Balaban J connectivity index is 2.28. The first kappa shape index (κ1) is 15.4. The smallest absolute Gasteiger partial charge is 0.157 e. The normalized spacial score (nSPS) is 23.3. The quantitative estimate of drug-likeness (QED) is 0.653. The standard InChI is InChI=1S/C13H20Br2O2/c1-10(8-12(14)15)7-11(2)9-17-13-5-3-4-6-16-13/h7-8,11,13H,3-6,9H2,1-2H3/b10-7-. The summed E-state index contributed by atoms with van der Waals surface area (Å²) in [7, 11) is 0. The zero-order chi connectivity index (χ0) is 12.7. The van der Waals surface area contributed by atoms with Gasteiger partial charge in [-0.15, -0.1) is 0 Å². The van der Waals surface area contributed by atoms with Crippen LogP contribution < -0.4 is 0 Å². The highest BCUT2D eigenvalue weighted by atomic mass is 79.9. The second kappa shape index (κ2) is 8.46. The van der Waals surface area contributed by atoms with E-state index in [1.165, 1.54) is 18.4 Å². The van der Waals surface area contributed by atoms with E-state index in [2.05, 4.69) is 51.8 Å². The molecule has 0 radical (unpaired) electrons. The monoisotopic (exact) mass is 366 g/mol. The highest BCUT2D eigenvalue weighted by Gasteiger charge is 2.14. The van der Waals surface area contributed by atoms with Gasteiger partial charge in [0.15, 0.2) is 6.29 Å². The molecule has 2 unspecified atom stereocenters. The van der Waals surface area contributed by atoms with Gasteiger partial charge in [0, 0.05) is 6.61 Å². The van der Waals surface area contributed by atoms with Crippen LogP contribution in [0.1, 0.15) is 33.1 Å². The highest BCUT2D eigenvalue weighted by Crippen LogP contribution is 2.18. The predicted octanol–water partition coefficient (Wildman–Crippen LogP) is 4.74. The summed E-state index contributed by atoms with van der Waals surface area (Å²) >= 11 is 6.70. The summed E-state index contributed by atoms with van der Waals surface area (Å²) < 4.78 is 12.2. The van der Waals surface area contributed by atoms with Crippen molar-refractivity contribution in [3.63, 3.8) is 0 Å². The van der Waals surface area contributed by atoms with Crippen LogP contribution in [0, 0.1) is 5.92 Å². The van der Waals surface area contributed by atoms with E-state index in [9.17, 15) is 0 Å². The first-order valence-electron chi connectivity index (χ1n) is 6.02. The maximum atomic E-state index is 5.74. The molecule has 4 heteroatoms. The lowest BCUT2D eigenvalue weighted by molar-refractivity contribution is -0.166. The molecular weight excluding hydrogens is 348 g/mol. The maximum absolute atomic E-state index is 5.74. The van der Waals surface area contributed by atoms with Gasteiger partial charge in [-0.3, -0.25) is 0 Å². The van der Waals surface area contributed by atoms with Crippen LogP contribution in [0.3, 0.4) is 0 Å². The third kappa shape index (κ3) is 7.39. The van der Waals surface area contributed by atoms with Crippen molar-refractivity contribution in [1.82, 2.24) is 0 Å². The van der Waals surface area contributed by atoms with Gasteiger partial charge in [-0.05, 0) is 70.0 Å². The summed E-state index contributed by atoms with van der Waals surface area (Å²) in [5.41, 5.74) is 1.22. The SMILES string of the molecule is C/C(C=C(Br)Br)=C/C(C)COC1CCCCO1. The van der Waals surface area contributed by atoms with E-state index < -0.39 is 0 Å². The van der Waals surface area contributed by atoms with E-state index in [4.69, 9.17) is 9.47 Å². The first-order chi connectivity index (χ1) is 8.08. The van der Waals surface area contributed by atoms with Crippen LogP contribution in [-0.4, -0.2) is 19.5 Å². The topological polar surface area (TPSA) is 18.5 Å². The Morgan fingerprint density at radius 1 is 1.47 bits per heavy atom. The van der Waals surface area contributed by atoms with Gasteiger partial charge in [-0.2, -0.15) is 0 Å². The van der Waals surface area contributed by atoms with Crippen LogP contribution >= 0.6 is 31.9 Å². The molecule has 0 bridgehead atoms. The van der Waals surface area contributed by atoms with E-state index in [-0.39, 0.29) is 6.29 Å². The molecule has 17 heavy (non-hydrogen) atoms. The van der Waals surface area contributed by atoms with Crippen LogP contribution in [0.2, 0.25) is 0 Å². The average molecular weight is 368 g/mol. The molecule has 1 heterocycles. The minimum Gasteiger partial charge on any atom is -0.353 e. The fourth-order valence-electron chi connectivity index (χ4n) is 1.82. The zero-order valence-electron chi connectivity index (χ0n) is 10.4. The second-order valence-electron chi connectivity index (χ2n) is 4.45. The van der Waals surface area contributed by atoms with Gasteiger partial charge in [-0.1, -0.05) is 18.6 Å². The molecule has 0 amide bonds. The first-order valence-corrected chi connectivity index (χ1v) is 7.61. The molecule has 98 valence electrons. The van der Waals surface area contributed by atoms with Gasteiger partial charge in [0.05, 0.1) is 10.00 Å². The number of hydrogen-bond donors (Lipinski definition) is 0. The van der Waals surface area contributed by atoms with Crippen LogP contribution in [0.25, 0.3) is 0 Å². The minimum atomic E-state index is 0.0124. The number of halogens is 2. The summed E-state index contributed by atoms with van der Waals surface area (Å²) in [5.74, 6) is 0.399. The zero-order valence-corrected chi connectivity index (χ0v) is 13.6. The maximum Gasteiger partial charge on any atom is 0.157 e. The van der Waals surface area contributed by atoms with Crippen molar-refractivity contribution < 1.29 is 9.47 Å². The van der Waals surface area contributed by atoms with Crippen molar-refractivity contribution in [3.8, 4) is 0 Å².